The zero-order valence-corrected chi connectivity index (χ0v) is 11.2. The Kier molecular flexibility index (Phi) is 19.4. The summed E-state index contributed by atoms with van der Waals surface area (Å²) in [6.45, 7) is 10.1. The van der Waals surface area contributed by atoms with Gasteiger partial charge in [-0.15, -0.1) is 6.58 Å². The monoisotopic (exact) mass is 272 g/mol. The van der Waals surface area contributed by atoms with Gasteiger partial charge in [0, 0.05) is 13.5 Å². The van der Waals surface area contributed by atoms with Crippen LogP contribution in [-0.2, 0) is 18.8 Å². The van der Waals surface area contributed by atoms with Gasteiger partial charge in [0.05, 0.1) is 6.61 Å². The van der Waals surface area contributed by atoms with Crippen LogP contribution in [0.15, 0.2) is 12.7 Å². The molecule has 8 heteroatoms. The smallest absolute Gasteiger partial charge is 0.463 e. The molecule has 0 fully saturated rings. The lowest BCUT2D eigenvalue weighted by atomic mass is 10.7. The summed E-state index contributed by atoms with van der Waals surface area (Å²) >= 11 is 0. The number of hydrogen-bond donors (Lipinski definition) is 3. The third-order valence-electron chi connectivity index (χ3n) is 0.737. The minimum atomic E-state index is -4.64. The zero-order valence-electron chi connectivity index (χ0n) is 10.3. The van der Waals surface area contributed by atoms with Gasteiger partial charge in [0.2, 0.25) is 0 Å². The van der Waals surface area contributed by atoms with Gasteiger partial charge < -0.3 is 24.2 Å². The SMILES string of the molecule is C=CC.CCOCCOC(C)=O.O=P(O)(O)O. The zero-order chi connectivity index (χ0) is 14.3. The number of carbonyl (C=O) groups excluding carboxylic acids is 1. The molecule has 0 aromatic rings. The Hall–Kier alpha value is -0.720. The summed E-state index contributed by atoms with van der Waals surface area (Å²) in [4.78, 5) is 31.7. The molecule has 104 valence electrons. The average molecular weight is 272 g/mol. The fraction of sp³-hybridized carbons (Fsp3) is 0.667. The van der Waals surface area contributed by atoms with Crippen LogP contribution >= 0.6 is 7.82 Å². The van der Waals surface area contributed by atoms with E-state index in [-0.39, 0.29) is 5.97 Å². The molecular formula is C9H21O7P. The van der Waals surface area contributed by atoms with E-state index in [0.29, 0.717) is 19.8 Å². The molecule has 3 N–H and O–H groups in total. The molecule has 0 amide bonds. The van der Waals surface area contributed by atoms with E-state index in [1.54, 1.807) is 6.08 Å². The number of rotatable bonds is 4. The van der Waals surface area contributed by atoms with E-state index in [0.717, 1.165) is 0 Å². The molecule has 0 aliphatic heterocycles. The minimum Gasteiger partial charge on any atom is -0.463 e. The highest BCUT2D eigenvalue weighted by molar-refractivity contribution is 7.45. The molecule has 0 rings (SSSR count). The number of carbonyl (C=O) groups is 1. The van der Waals surface area contributed by atoms with Crippen LogP contribution in [0.25, 0.3) is 0 Å². The summed E-state index contributed by atoms with van der Waals surface area (Å²) < 4.78 is 18.4. The van der Waals surface area contributed by atoms with Gasteiger partial charge in [0.25, 0.3) is 0 Å². The summed E-state index contributed by atoms with van der Waals surface area (Å²) in [7, 11) is -4.64. The van der Waals surface area contributed by atoms with Crippen molar-refractivity contribution >= 4 is 13.8 Å². The van der Waals surface area contributed by atoms with Crippen LogP contribution in [0.2, 0.25) is 0 Å². The van der Waals surface area contributed by atoms with Crippen LogP contribution in [0.1, 0.15) is 20.8 Å². The Morgan fingerprint density at radius 3 is 1.94 bits per heavy atom. The van der Waals surface area contributed by atoms with Gasteiger partial charge in [-0.3, -0.25) is 4.79 Å². The summed E-state index contributed by atoms with van der Waals surface area (Å²) in [5.74, 6) is -0.255. The number of esters is 1. The Bertz CT molecular complexity index is 215. The molecule has 0 aliphatic rings. The highest BCUT2D eigenvalue weighted by Crippen LogP contribution is 2.25. The fourth-order valence-corrected chi connectivity index (χ4v) is 0.389. The van der Waals surface area contributed by atoms with Crippen molar-refractivity contribution in [2.45, 2.75) is 20.8 Å². The second kappa shape index (κ2) is 15.3. The van der Waals surface area contributed by atoms with Crippen molar-refractivity contribution < 1.29 is 33.5 Å². The van der Waals surface area contributed by atoms with Crippen molar-refractivity contribution in [3.8, 4) is 0 Å². The lowest BCUT2D eigenvalue weighted by molar-refractivity contribution is -0.142. The molecule has 0 radical (unpaired) electrons. The number of phosphoric acid groups is 1. The van der Waals surface area contributed by atoms with Gasteiger partial charge in [0.1, 0.15) is 6.61 Å². The number of allylic oxidation sites excluding steroid dienone is 1. The first-order valence-electron chi connectivity index (χ1n) is 4.75. The summed E-state index contributed by atoms with van der Waals surface area (Å²) in [5.41, 5.74) is 0. The van der Waals surface area contributed by atoms with Crippen LogP contribution in [0.4, 0.5) is 0 Å². The van der Waals surface area contributed by atoms with Crippen LogP contribution in [0.5, 0.6) is 0 Å². The quantitative estimate of drug-likeness (QED) is 0.301. The second-order valence-corrected chi connectivity index (χ2v) is 3.49. The van der Waals surface area contributed by atoms with E-state index < -0.39 is 7.82 Å². The molecule has 0 aromatic carbocycles. The number of ether oxygens (including phenoxy) is 2. The van der Waals surface area contributed by atoms with Crippen LogP contribution in [0.3, 0.4) is 0 Å². The topological polar surface area (TPSA) is 113 Å². The van der Waals surface area contributed by atoms with Gasteiger partial charge in [-0.1, -0.05) is 6.08 Å². The van der Waals surface area contributed by atoms with Gasteiger partial charge in [-0.2, -0.15) is 0 Å². The normalized spacial score (nSPS) is 9.06. The van der Waals surface area contributed by atoms with Crippen LogP contribution in [-0.4, -0.2) is 40.5 Å². The Morgan fingerprint density at radius 1 is 1.35 bits per heavy atom. The maximum absolute atomic E-state index is 10.1. The van der Waals surface area contributed by atoms with E-state index in [4.69, 9.17) is 24.0 Å². The first kappa shape index (κ1) is 21.6. The molecule has 0 atom stereocenters. The van der Waals surface area contributed by atoms with E-state index in [2.05, 4.69) is 11.3 Å². The van der Waals surface area contributed by atoms with Crippen molar-refractivity contribution in [2.75, 3.05) is 19.8 Å². The van der Waals surface area contributed by atoms with E-state index >= 15 is 0 Å². The fourth-order valence-electron chi connectivity index (χ4n) is 0.389. The van der Waals surface area contributed by atoms with Gasteiger partial charge in [-0.25, -0.2) is 4.57 Å². The minimum absolute atomic E-state index is 0.255. The first-order valence-corrected chi connectivity index (χ1v) is 6.31. The van der Waals surface area contributed by atoms with Gasteiger partial charge in [-0.05, 0) is 13.8 Å². The molecule has 0 saturated heterocycles. The third-order valence-corrected chi connectivity index (χ3v) is 0.737. The predicted molar refractivity (Wildman–Crippen MR) is 63.3 cm³/mol. The largest absolute Gasteiger partial charge is 0.466 e. The second-order valence-electron chi connectivity index (χ2n) is 2.46. The molecule has 0 spiro atoms. The summed E-state index contributed by atoms with van der Waals surface area (Å²) in [6, 6.07) is 0. The molecule has 7 nitrogen and oxygen atoms in total. The molecule has 0 aliphatic carbocycles. The standard InChI is InChI=1S/C6H12O3.C3H6.H3O4P/c1-3-8-4-5-9-6(2)7;1-3-2;1-5(2,3)4/h3-5H2,1-2H3;3H,1H2,2H3;(H3,1,2,3,4). The van der Waals surface area contributed by atoms with Crippen molar-refractivity contribution in [1.29, 1.82) is 0 Å². The maximum Gasteiger partial charge on any atom is 0.466 e. The maximum atomic E-state index is 10.1. The first-order chi connectivity index (χ1) is 7.68. The lowest BCUT2D eigenvalue weighted by Gasteiger charge is -1.99. The molecule has 0 bridgehead atoms. The van der Waals surface area contributed by atoms with Crippen LogP contribution in [0, 0.1) is 0 Å². The lowest BCUT2D eigenvalue weighted by Crippen LogP contribution is -2.06. The van der Waals surface area contributed by atoms with Crippen molar-refractivity contribution in [3.63, 3.8) is 0 Å². The number of hydrogen-bond acceptors (Lipinski definition) is 4. The van der Waals surface area contributed by atoms with Crippen LogP contribution < -0.4 is 0 Å². The molecular weight excluding hydrogens is 251 g/mol. The molecule has 0 heterocycles. The Balaban J connectivity index is -0.000000207. The van der Waals surface area contributed by atoms with E-state index in [1.807, 2.05) is 13.8 Å². The Morgan fingerprint density at radius 2 is 1.71 bits per heavy atom. The van der Waals surface area contributed by atoms with Crippen molar-refractivity contribution in [2.24, 2.45) is 0 Å². The highest BCUT2D eigenvalue weighted by Gasteiger charge is 2.00. The van der Waals surface area contributed by atoms with E-state index in [1.165, 1.54) is 6.92 Å². The predicted octanol–water partition coefficient (Wildman–Crippen LogP) is 0.850. The van der Waals surface area contributed by atoms with Gasteiger partial charge in [0.15, 0.2) is 0 Å². The molecule has 0 unspecified atom stereocenters. The average Bonchev–Trinajstić information content (AvgIpc) is 2.11. The van der Waals surface area contributed by atoms with Gasteiger partial charge >= 0.3 is 13.8 Å². The Labute approximate surface area is 101 Å². The van der Waals surface area contributed by atoms with Crippen molar-refractivity contribution in [3.05, 3.63) is 12.7 Å². The summed E-state index contributed by atoms with van der Waals surface area (Å²) in [6.07, 6.45) is 1.75. The summed E-state index contributed by atoms with van der Waals surface area (Å²) in [5, 5.41) is 0. The van der Waals surface area contributed by atoms with E-state index in [9.17, 15) is 4.79 Å². The third kappa shape index (κ3) is 96.7. The molecule has 0 saturated carbocycles. The van der Waals surface area contributed by atoms with Crippen molar-refractivity contribution in [1.82, 2.24) is 0 Å². The highest BCUT2D eigenvalue weighted by atomic mass is 31.2. The molecule has 0 aromatic heterocycles. The molecule has 17 heavy (non-hydrogen) atoms.